The van der Waals surface area contributed by atoms with E-state index in [-0.39, 0.29) is 5.91 Å². The van der Waals surface area contributed by atoms with Crippen LogP contribution in [0.3, 0.4) is 0 Å². The molecule has 0 aliphatic rings. The number of amides is 1. The maximum absolute atomic E-state index is 12.4. The number of carbonyl (C=O) groups is 1. The first-order valence-electron chi connectivity index (χ1n) is 6.04. The molecular formula is C14H15N3OS2. The van der Waals surface area contributed by atoms with Crippen molar-refractivity contribution >= 4 is 28.6 Å². The van der Waals surface area contributed by atoms with Gasteiger partial charge in [0.2, 0.25) is 0 Å². The zero-order chi connectivity index (χ0) is 14.5. The zero-order valence-electron chi connectivity index (χ0n) is 11.3. The predicted molar refractivity (Wildman–Crippen MR) is 82.9 cm³/mol. The van der Waals surface area contributed by atoms with Crippen molar-refractivity contribution < 1.29 is 4.79 Å². The first kappa shape index (κ1) is 14.7. The first-order valence-corrected chi connectivity index (χ1v) is 7.80. The summed E-state index contributed by atoms with van der Waals surface area (Å²) in [6.45, 7) is 2.81. The van der Waals surface area contributed by atoms with Gasteiger partial charge in [0.1, 0.15) is 4.88 Å². The van der Waals surface area contributed by atoms with E-state index < -0.39 is 0 Å². The number of nitrogens with two attached hydrogens (primary N) is 1. The van der Waals surface area contributed by atoms with Crippen molar-refractivity contribution in [2.75, 3.05) is 13.6 Å². The van der Waals surface area contributed by atoms with Crippen LogP contribution in [0, 0.1) is 18.8 Å². The largest absolute Gasteiger partial charge is 0.336 e. The van der Waals surface area contributed by atoms with E-state index in [0.29, 0.717) is 18.0 Å². The Morgan fingerprint density at radius 1 is 1.50 bits per heavy atom. The number of hydrogen-bond donors (Lipinski definition) is 1. The second-order valence-electron chi connectivity index (χ2n) is 4.19. The fourth-order valence-corrected chi connectivity index (χ4v) is 3.33. The third-order valence-electron chi connectivity index (χ3n) is 2.76. The fourth-order valence-electron chi connectivity index (χ4n) is 1.66. The summed E-state index contributed by atoms with van der Waals surface area (Å²) in [5, 5.41) is 1.87. The lowest BCUT2D eigenvalue weighted by molar-refractivity contribution is 0.0791. The molecule has 2 N–H and O–H groups in total. The van der Waals surface area contributed by atoms with Gasteiger partial charge in [-0.3, -0.25) is 4.79 Å². The van der Waals surface area contributed by atoms with Gasteiger partial charge < -0.3 is 10.6 Å². The lowest BCUT2D eigenvalue weighted by Gasteiger charge is -2.15. The van der Waals surface area contributed by atoms with Gasteiger partial charge in [-0.1, -0.05) is 11.8 Å². The third kappa shape index (κ3) is 3.25. The molecule has 0 bridgehead atoms. The molecule has 2 rings (SSSR count). The monoisotopic (exact) mass is 305 g/mol. The molecule has 0 spiro atoms. The number of nitrogens with zero attached hydrogens (tertiary/aromatic N) is 2. The Bertz CT molecular complexity index is 663. The number of hydrogen-bond acceptors (Lipinski definition) is 5. The highest BCUT2D eigenvalue weighted by molar-refractivity contribution is 7.12. The van der Waals surface area contributed by atoms with E-state index in [2.05, 4.69) is 16.8 Å². The molecular weight excluding hydrogens is 290 g/mol. The van der Waals surface area contributed by atoms with Gasteiger partial charge in [0, 0.05) is 17.5 Å². The second-order valence-corrected chi connectivity index (χ2v) is 6.05. The Hall–Kier alpha value is -1.68. The summed E-state index contributed by atoms with van der Waals surface area (Å²) in [6.07, 6.45) is 0. The van der Waals surface area contributed by atoms with E-state index in [1.54, 1.807) is 28.8 Å². The number of carbonyl (C=O) groups excluding carboxylic acids is 1. The lowest BCUT2D eigenvalue weighted by atomic mass is 10.2. The van der Waals surface area contributed by atoms with Crippen molar-refractivity contribution in [1.29, 1.82) is 0 Å². The van der Waals surface area contributed by atoms with E-state index in [0.717, 1.165) is 16.1 Å². The molecule has 0 aromatic carbocycles. The SMILES string of the molecule is Cc1ncsc1CN(C)C(=O)c1sccc1C#CCN. The molecule has 0 fully saturated rings. The van der Waals surface area contributed by atoms with Crippen molar-refractivity contribution in [3.8, 4) is 11.8 Å². The van der Waals surface area contributed by atoms with Crippen LogP contribution in [0.2, 0.25) is 0 Å². The van der Waals surface area contributed by atoms with Crippen LogP contribution in [0.4, 0.5) is 0 Å². The lowest BCUT2D eigenvalue weighted by Crippen LogP contribution is -2.25. The molecule has 1 amide bonds. The van der Waals surface area contributed by atoms with Crippen LogP contribution >= 0.6 is 22.7 Å². The summed E-state index contributed by atoms with van der Waals surface area (Å²) < 4.78 is 0. The average molecular weight is 305 g/mol. The molecule has 0 radical (unpaired) electrons. The van der Waals surface area contributed by atoms with Gasteiger partial charge in [0.15, 0.2) is 0 Å². The van der Waals surface area contributed by atoms with Crippen molar-refractivity contribution in [2.45, 2.75) is 13.5 Å². The second kappa shape index (κ2) is 6.66. The molecule has 0 aliphatic heterocycles. The highest BCUT2D eigenvalue weighted by Crippen LogP contribution is 2.20. The Balaban J connectivity index is 2.15. The quantitative estimate of drug-likeness (QED) is 0.883. The maximum Gasteiger partial charge on any atom is 0.265 e. The minimum absolute atomic E-state index is 0.0193. The molecule has 0 saturated carbocycles. The molecule has 0 aliphatic carbocycles. The predicted octanol–water partition coefficient (Wildman–Crippen LogP) is 2.10. The molecule has 0 saturated heterocycles. The van der Waals surface area contributed by atoms with Gasteiger partial charge in [-0.05, 0) is 18.4 Å². The van der Waals surface area contributed by atoms with Crippen molar-refractivity contribution in [2.24, 2.45) is 5.73 Å². The van der Waals surface area contributed by atoms with Gasteiger partial charge in [-0.25, -0.2) is 4.98 Å². The molecule has 6 heteroatoms. The van der Waals surface area contributed by atoms with Gasteiger partial charge in [-0.15, -0.1) is 22.7 Å². The van der Waals surface area contributed by atoms with Crippen LogP contribution in [0.15, 0.2) is 17.0 Å². The summed E-state index contributed by atoms with van der Waals surface area (Å²) in [5.41, 5.74) is 8.89. The Kier molecular flexibility index (Phi) is 4.90. The molecule has 2 aromatic heterocycles. The molecule has 4 nitrogen and oxygen atoms in total. The molecule has 0 atom stereocenters. The van der Waals surface area contributed by atoms with Gasteiger partial charge in [0.05, 0.1) is 24.3 Å². The minimum atomic E-state index is -0.0193. The van der Waals surface area contributed by atoms with Crippen LogP contribution in [0.5, 0.6) is 0 Å². The summed E-state index contributed by atoms with van der Waals surface area (Å²) in [5.74, 6) is 5.70. The number of thiazole rings is 1. The number of aromatic nitrogens is 1. The molecule has 2 aromatic rings. The average Bonchev–Trinajstić information content (AvgIpc) is 3.05. The third-order valence-corrected chi connectivity index (χ3v) is 4.58. The number of thiophene rings is 1. The number of aryl methyl sites for hydroxylation is 1. The van der Waals surface area contributed by atoms with E-state index in [1.807, 2.05) is 18.4 Å². The highest BCUT2D eigenvalue weighted by Gasteiger charge is 2.18. The molecule has 2 heterocycles. The normalized spacial score (nSPS) is 9.95. The van der Waals surface area contributed by atoms with Crippen molar-refractivity contribution in [3.63, 3.8) is 0 Å². The maximum atomic E-state index is 12.4. The van der Waals surface area contributed by atoms with Crippen molar-refractivity contribution in [1.82, 2.24) is 9.88 Å². The Morgan fingerprint density at radius 3 is 2.95 bits per heavy atom. The minimum Gasteiger partial charge on any atom is -0.336 e. The Morgan fingerprint density at radius 2 is 2.30 bits per heavy atom. The standard InChI is InChI=1S/C14H15N3OS2/c1-10-12(20-9-16-10)8-17(2)14(18)13-11(4-3-6-15)5-7-19-13/h5,7,9H,6,8,15H2,1-2H3. The zero-order valence-corrected chi connectivity index (χ0v) is 13.0. The number of rotatable bonds is 3. The summed E-state index contributed by atoms with van der Waals surface area (Å²) in [7, 11) is 1.79. The molecule has 104 valence electrons. The van der Waals surface area contributed by atoms with E-state index in [9.17, 15) is 4.79 Å². The molecule has 20 heavy (non-hydrogen) atoms. The van der Waals surface area contributed by atoms with Gasteiger partial charge in [-0.2, -0.15) is 0 Å². The van der Waals surface area contributed by atoms with E-state index >= 15 is 0 Å². The van der Waals surface area contributed by atoms with E-state index in [4.69, 9.17) is 5.73 Å². The van der Waals surface area contributed by atoms with Gasteiger partial charge in [0.25, 0.3) is 5.91 Å². The highest BCUT2D eigenvalue weighted by atomic mass is 32.1. The van der Waals surface area contributed by atoms with Crippen molar-refractivity contribution in [3.05, 3.63) is 38.0 Å². The Labute approximate surface area is 126 Å². The van der Waals surface area contributed by atoms with E-state index in [1.165, 1.54) is 11.3 Å². The van der Waals surface area contributed by atoms with Crippen LogP contribution in [-0.4, -0.2) is 29.4 Å². The first-order chi connectivity index (χ1) is 9.63. The molecule has 0 unspecified atom stereocenters. The summed E-state index contributed by atoms with van der Waals surface area (Å²) >= 11 is 2.97. The van der Waals surface area contributed by atoms with Gasteiger partial charge >= 0.3 is 0 Å². The summed E-state index contributed by atoms with van der Waals surface area (Å²) in [4.78, 5) is 20.1. The topological polar surface area (TPSA) is 59.2 Å². The van der Waals surface area contributed by atoms with Crippen LogP contribution in [0.1, 0.15) is 25.8 Å². The summed E-state index contributed by atoms with van der Waals surface area (Å²) in [6, 6.07) is 1.85. The van der Waals surface area contributed by atoms with Crippen LogP contribution in [-0.2, 0) is 6.54 Å². The van der Waals surface area contributed by atoms with Crippen LogP contribution < -0.4 is 5.73 Å². The van der Waals surface area contributed by atoms with Crippen LogP contribution in [0.25, 0.3) is 0 Å². The fraction of sp³-hybridized carbons (Fsp3) is 0.286. The smallest absolute Gasteiger partial charge is 0.265 e.